The Morgan fingerprint density at radius 2 is 2.05 bits per heavy atom. The fourth-order valence-corrected chi connectivity index (χ4v) is 3.30. The van der Waals surface area contributed by atoms with Crippen molar-refractivity contribution in [2.75, 3.05) is 0 Å². The van der Waals surface area contributed by atoms with Crippen molar-refractivity contribution in [3.63, 3.8) is 0 Å². The Morgan fingerprint density at radius 1 is 1.40 bits per heavy atom. The second kappa shape index (κ2) is 6.30. The second-order valence-electron chi connectivity index (χ2n) is 6.21. The minimum atomic E-state index is -1.12. The van der Waals surface area contributed by atoms with Gasteiger partial charge in [-0.25, -0.2) is 13.9 Å². The molecule has 2 atom stereocenters. The van der Waals surface area contributed by atoms with Crippen molar-refractivity contribution in [1.82, 2.24) is 9.71 Å². The van der Waals surface area contributed by atoms with Gasteiger partial charge in [0.1, 0.15) is 5.15 Å². The fourth-order valence-electron chi connectivity index (χ4n) is 2.11. The Labute approximate surface area is 133 Å². The van der Waals surface area contributed by atoms with Gasteiger partial charge in [0.25, 0.3) is 0 Å². The number of nitrogens with zero attached hydrogens (tertiary/aromatic N) is 1. The lowest BCUT2D eigenvalue weighted by atomic mass is 9.78. The molecule has 1 aromatic heterocycles. The zero-order valence-electron chi connectivity index (χ0n) is 12.0. The molecule has 112 valence electrons. The number of aromatic nitrogens is 1. The summed E-state index contributed by atoms with van der Waals surface area (Å²) in [7, 11) is -1.12. The molecule has 1 fully saturated rings. The van der Waals surface area contributed by atoms with E-state index in [-0.39, 0.29) is 10.8 Å². The maximum Gasteiger partial charge on any atom is 0.147 e. The van der Waals surface area contributed by atoms with Gasteiger partial charge in [-0.05, 0) is 51.2 Å². The van der Waals surface area contributed by atoms with Gasteiger partial charge in [0.05, 0.1) is 20.8 Å². The largest absolute Gasteiger partial charge is 0.243 e. The summed E-state index contributed by atoms with van der Waals surface area (Å²) >= 11 is 11.9. The molecule has 0 aromatic carbocycles. The summed E-state index contributed by atoms with van der Waals surface area (Å²) in [6.45, 7) is 5.88. The predicted octanol–water partition coefficient (Wildman–Crippen LogP) is 4.28. The SMILES string of the molecule is CC(C)(C)[S@@](=O)N[C@@H](c1cnc(Cl)c(Cl)c1)C1CCC1. The summed E-state index contributed by atoms with van der Waals surface area (Å²) in [5.41, 5.74) is 0.960. The van der Waals surface area contributed by atoms with Crippen molar-refractivity contribution in [2.24, 2.45) is 5.92 Å². The minimum Gasteiger partial charge on any atom is -0.243 e. The maximum absolute atomic E-state index is 12.4. The molecule has 1 aliphatic carbocycles. The Kier molecular flexibility index (Phi) is 5.11. The number of hydrogen-bond acceptors (Lipinski definition) is 2. The molecule has 1 aromatic rings. The van der Waals surface area contributed by atoms with Gasteiger partial charge in [-0.3, -0.25) is 0 Å². The molecule has 1 heterocycles. The highest BCUT2D eigenvalue weighted by molar-refractivity contribution is 7.84. The van der Waals surface area contributed by atoms with E-state index >= 15 is 0 Å². The van der Waals surface area contributed by atoms with Crippen LogP contribution in [-0.4, -0.2) is 13.9 Å². The number of rotatable bonds is 4. The lowest BCUT2D eigenvalue weighted by Crippen LogP contribution is -2.40. The number of nitrogens with one attached hydrogen (secondary N) is 1. The van der Waals surface area contributed by atoms with E-state index in [4.69, 9.17) is 23.2 Å². The van der Waals surface area contributed by atoms with Crippen LogP contribution in [0.2, 0.25) is 10.2 Å². The molecule has 1 N–H and O–H groups in total. The van der Waals surface area contributed by atoms with Crippen LogP contribution < -0.4 is 4.72 Å². The van der Waals surface area contributed by atoms with E-state index in [0.29, 0.717) is 16.1 Å². The Hall–Kier alpha value is -0.160. The number of hydrogen-bond donors (Lipinski definition) is 1. The summed E-state index contributed by atoms with van der Waals surface area (Å²) in [6.07, 6.45) is 5.22. The first-order chi connectivity index (χ1) is 9.29. The Balaban J connectivity index is 2.23. The first-order valence-corrected chi connectivity index (χ1v) is 8.68. The lowest BCUT2D eigenvalue weighted by Gasteiger charge is -2.35. The summed E-state index contributed by atoms with van der Waals surface area (Å²) in [4.78, 5) is 4.10. The fraction of sp³-hybridized carbons (Fsp3) is 0.643. The Bertz CT molecular complexity index is 512. The molecular weight excluding hydrogens is 315 g/mol. The molecule has 0 amide bonds. The highest BCUT2D eigenvalue weighted by Gasteiger charge is 2.32. The topological polar surface area (TPSA) is 42.0 Å². The van der Waals surface area contributed by atoms with Crippen LogP contribution in [0.15, 0.2) is 12.3 Å². The molecule has 1 aliphatic rings. The van der Waals surface area contributed by atoms with Crippen LogP contribution in [0.3, 0.4) is 0 Å². The van der Waals surface area contributed by atoms with Gasteiger partial charge in [0.2, 0.25) is 0 Å². The molecule has 0 saturated heterocycles. The first kappa shape index (κ1) is 16.2. The Morgan fingerprint density at radius 3 is 2.50 bits per heavy atom. The van der Waals surface area contributed by atoms with E-state index in [0.717, 1.165) is 18.4 Å². The molecule has 0 aliphatic heterocycles. The van der Waals surface area contributed by atoms with E-state index in [1.807, 2.05) is 26.8 Å². The summed E-state index contributed by atoms with van der Waals surface area (Å²) in [5.74, 6) is 0.486. The van der Waals surface area contributed by atoms with Crippen molar-refractivity contribution in [1.29, 1.82) is 0 Å². The molecule has 3 nitrogen and oxygen atoms in total. The van der Waals surface area contributed by atoms with Crippen LogP contribution in [0.25, 0.3) is 0 Å². The molecule has 0 unspecified atom stereocenters. The first-order valence-electron chi connectivity index (χ1n) is 6.78. The number of pyridine rings is 1. The molecule has 0 bridgehead atoms. The second-order valence-corrected chi connectivity index (χ2v) is 8.97. The highest BCUT2D eigenvalue weighted by Crippen LogP contribution is 2.39. The monoisotopic (exact) mass is 334 g/mol. The lowest BCUT2D eigenvalue weighted by molar-refractivity contribution is 0.252. The van der Waals surface area contributed by atoms with Gasteiger partial charge in [0.15, 0.2) is 0 Å². The zero-order chi connectivity index (χ0) is 14.9. The van der Waals surface area contributed by atoms with Gasteiger partial charge in [-0.1, -0.05) is 29.6 Å². The molecule has 6 heteroatoms. The molecule has 20 heavy (non-hydrogen) atoms. The van der Waals surface area contributed by atoms with Crippen molar-refractivity contribution in [3.8, 4) is 0 Å². The van der Waals surface area contributed by atoms with Crippen molar-refractivity contribution >= 4 is 34.2 Å². The van der Waals surface area contributed by atoms with Crippen LogP contribution in [0, 0.1) is 5.92 Å². The third kappa shape index (κ3) is 3.73. The smallest absolute Gasteiger partial charge is 0.147 e. The van der Waals surface area contributed by atoms with E-state index in [1.165, 1.54) is 6.42 Å². The van der Waals surface area contributed by atoms with Crippen molar-refractivity contribution in [3.05, 3.63) is 28.0 Å². The van der Waals surface area contributed by atoms with Crippen LogP contribution in [0.5, 0.6) is 0 Å². The van der Waals surface area contributed by atoms with E-state index in [1.54, 1.807) is 6.20 Å². The van der Waals surface area contributed by atoms with E-state index in [9.17, 15) is 4.21 Å². The number of halogens is 2. The molecule has 0 radical (unpaired) electrons. The van der Waals surface area contributed by atoms with Gasteiger partial charge in [-0.2, -0.15) is 0 Å². The summed E-state index contributed by atoms with van der Waals surface area (Å²) in [6, 6.07) is 1.85. The van der Waals surface area contributed by atoms with Crippen molar-refractivity contribution < 1.29 is 4.21 Å². The third-order valence-electron chi connectivity index (χ3n) is 3.59. The average Bonchev–Trinajstić information content (AvgIpc) is 2.28. The van der Waals surface area contributed by atoms with Crippen molar-refractivity contribution in [2.45, 2.75) is 50.8 Å². The standard InChI is InChI=1S/C14H20Cl2N2OS/c1-14(2,3)20(19)18-12(9-5-4-6-9)10-7-11(15)13(16)17-8-10/h7-9,12,18H,4-6H2,1-3H3/t12-,20-/m1/s1. The maximum atomic E-state index is 12.4. The van der Waals surface area contributed by atoms with Gasteiger partial charge in [-0.15, -0.1) is 0 Å². The van der Waals surface area contributed by atoms with Gasteiger partial charge >= 0.3 is 0 Å². The van der Waals surface area contributed by atoms with Gasteiger partial charge < -0.3 is 0 Å². The van der Waals surface area contributed by atoms with Crippen LogP contribution in [0.1, 0.15) is 51.6 Å². The highest BCUT2D eigenvalue weighted by atomic mass is 35.5. The normalized spacial score (nSPS) is 19.4. The van der Waals surface area contributed by atoms with Crippen LogP contribution in [0.4, 0.5) is 0 Å². The summed E-state index contributed by atoms with van der Waals surface area (Å²) in [5, 5.41) is 0.747. The van der Waals surface area contributed by atoms with Crippen LogP contribution >= 0.6 is 23.2 Å². The average molecular weight is 335 g/mol. The molecule has 2 rings (SSSR count). The molecule has 1 saturated carbocycles. The zero-order valence-corrected chi connectivity index (χ0v) is 14.3. The predicted molar refractivity (Wildman–Crippen MR) is 85.4 cm³/mol. The quantitative estimate of drug-likeness (QED) is 0.835. The molecule has 0 spiro atoms. The van der Waals surface area contributed by atoms with Crippen LogP contribution in [-0.2, 0) is 11.0 Å². The third-order valence-corrected chi connectivity index (χ3v) is 5.85. The van der Waals surface area contributed by atoms with Gasteiger partial charge in [0, 0.05) is 12.2 Å². The molecular formula is C14H20Cl2N2OS. The van der Waals surface area contributed by atoms with E-state index in [2.05, 4.69) is 9.71 Å². The minimum absolute atomic E-state index is 0.0195. The summed E-state index contributed by atoms with van der Waals surface area (Å²) < 4.78 is 15.3. The van der Waals surface area contributed by atoms with E-state index < -0.39 is 11.0 Å².